The predicted octanol–water partition coefficient (Wildman–Crippen LogP) is 1.26. The van der Waals surface area contributed by atoms with Gasteiger partial charge in [0, 0.05) is 4.85 Å². The number of nitrogens with zero attached hydrogens (tertiary/aromatic N) is 1. The molecule has 11 heavy (non-hydrogen) atoms. The molecule has 1 N–H and O–H groups in total. The van der Waals surface area contributed by atoms with Crippen LogP contribution < -0.4 is 5.32 Å². The zero-order valence-corrected chi connectivity index (χ0v) is 6.97. The van der Waals surface area contributed by atoms with Crippen molar-refractivity contribution < 1.29 is 4.79 Å². The quantitative estimate of drug-likeness (QED) is 0.586. The average Bonchev–Trinajstić information content (AvgIpc) is 2.04. The van der Waals surface area contributed by atoms with Gasteiger partial charge >= 0.3 is 5.91 Å². The maximum atomic E-state index is 10.5. The number of nitrogens with one attached hydrogen (secondary N) is 1. The Morgan fingerprint density at radius 2 is 2.18 bits per heavy atom. The van der Waals surface area contributed by atoms with E-state index < -0.39 is 0 Å². The van der Waals surface area contributed by atoms with E-state index in [1.54, 1.807) is 0 Å². The first kappa shape index (κ1) is 10.1. The Bertz CT molecular complexity index is 149. The van der Waals surface area contributed by atoms with Gasteiger partial charge < -0.3 is 5.32 Å². The summed E-state index contributed by atoms with van der Waals surface area (Å²) >= 11 is 0. The van der Waals surface area contributed by atoms with E-state index in [2.05, 4.69) is 10.2 Å². The van der Waals surface area contributed by atoms with Gasteiger partial charge in [-0.3, -0.25) is 0 Å². The summed E-state index contributed by atoms with van der Waals surface area (Å²) in [5, 5.41) is 3.04. The Hall–Kier alpha value is -0.880. The molecule has 3 nitrogen and oxygen atoms in total. The maximum absolute atomic E-state index is 10.5. The Morgan fingerprint density at radius 3 is 2.73 bits per heavy atom. The second kappa shape index (κ2) is 7.23. The van der Waals surface area contributed by atoms with Gasteiger partial charge in [-0.25, -0.2) is 4.79 Å². The molecule has 0 aromatic rings. The van der Waals surface area contributed by atoms with Crippen molar-refractivity contribution in [1.29, 1.82) is 0 Å². The molecule has 0 heterocycles. The molecule has 0 spiro atoms. The molecule has 0 fully saturated rings. The van der Waals surface area contributed by atoms with Crippen LogP contribution in [-0.4, -0.2) is 19.5 Å². The Labute approximate surface area is 67.6 Å². The minimum absolute atomic E-state index is 0.200. The van der Waals surface area contributed by atoms with Crippen molar-refractivity contribution >= 4 is 5.91 Å². The number of carbonyl (C=O) groups is 1. The van der Waals surface area contributed by atoms with Crippen LogP contribution in [0.4, 0.5) is 0 Å². The molecule has 0 aliphatic rings. The van der Waals surface area contributed by atoms with Crippen molar-refractivity contribution in [3.63, 3.8) is 0 Å². The first-order valence-electron chi connectivity index (χ1n) is 3.89. The SMILES string of the molecule is C#[N+]C(=O)CCCCCNC. The van der Waals surface area contributed by atoms with Gasteiger partial charge in [0.1, 0.15) is 0 Å². The van der Waals surface area contributed by atoms with Crippen LogP contribution in [0, 0.1) is 6.57 Å². The lowest BCUT2D eigenvalue weighted by Crippen LogP contribution is -2.07. The molecule has 0 aromatic heterocycles. The largest absolute Gasteiger partial charge is 0.514 e. The fourth-order valence-electron chi connectivity index (χ4n) is 0.819. The summed E-state index contributed by atoms with van der Waals surface area (Å²) in [7, 11) is 1.92. The van der Waals surface area contributed by atoms with Crippen molar-refractivity contribution in [3.05, 3.63) is 4.85 Å². The Morgan fingerprint density at radius 1 is 1.45 bits per heavy atom. The molecule has 0 rings (SSSR count). The number of rotatable bonds is 6. The molecule has 0 aliphatic heterocycles. The minimum atomic E-state index is -0.200. The summed E-state index contributed by atoms with van der Waals surface area (Å²) in [5.41, 5.74) is 0. The van der Waals surface area contributed by atoms with Crippen LogP contribution in [0.3, 0.4) is 0 Å². The van der Waals surface area contributed by atoms with Crippen LogP contribution in [-0.2, 0) is 4.79 Å². The van der Waals surface area contributed by atoms with Gasteiger partial charge in [0.2, 0.25) is 0 Å². The summed E-state index contributed by atoms with van der Waals surface area (Å²) < 4.78 is 0. The minimum Gasteiger partial charge on any atom is -0.320 e. The summed E-state index contributed by atoms with van der Waals surface area (Å²) in [6.07, 6.45) is 3.54. The van der Waals surface area contributed by atoms with Crippen molar-refractivity contribution in [2.24, 2.45) is 0 Å². The van der Waals surface area contributed by atoms with E-state index in [0.717, 1.165) is 25.8 Å². The molecule has 0 bridgehead atoms. The van der Waals surface area contributed by atoms with E-state index in [-0.39, 0.29) is 5.91 Å². The Balaban J connectivity index is 3.03. The number of hydrogen-bond acceptors (Lipinski definition) is 2. The second-order valence-corrected chi connectivity index (χ2v) is 2.44. The zero-order valence-electron chi connectivity index (χ0n) is 6.97. The number of amides is 1. The highest BCUT2D eigenvalue weighted by Gasteiger charge is 2.07. The van der Waals surface area contributed by atoms with Gasteiger partial charge in [-0.2, -0.15) is 0 Å². The van der Waals surface area contributed by atoms with Gasteiger partial charge in [-0.05, 0) is 26.4 Å². The van der Waals surface area contributed by atoms with Gasteiger partial charge in [0.15, 0.2) is 0 Å². The molecule has 3 heteroatoms. The number of unbranched alkanes of at least 4 members (excludes halogenated alkanes) is 2. The van der Waals surface area contributed by atoms with E-state index in [1.807, 2.05) is 7.05 Å². The third-order valence-corrected chi connectivity index (χ3v) is 1.46. The molecular weight excluding hydrogens is 140 g/mol. The highest BCUT2D eigenvalue weighted by atomic mass is 16.1. The van der Waals surface area contributed by atoms with Crippen molar-refractivity contribution in [3.8, 4) is 6.57 Å². The van der Waals surface area contributed by atoms with E-state index in [9.17, 15) is 4.79 Å². The van der Waals surface area contributed by atoms with E-state index in [1.165, 1.54) is 0 Å². The number of hydrogen-bond donors (Lipinski definition) is 1. The molecule has 0 saturated carbocycles. The van der Waals surface area contributed by atoms with Crippen LogP contribution >= 0.6 is 0 Å². The summed E-state index contributed by atoms with van der Waals surface area (Å²) in [6.45, 7) is 5.78. The standard InChI is InChI=1S/C8H15N2O/c1-9-7-5-3-4-6-8(11)10-2/h2,9H,3-7H2,1H3/q+1. The average molecular weight is 155 g/mol. The molecule has 0 saturated heterocycles. The molecule has 0 radical (unpaired) electrons. The smallest absolute Gasteiger partial charge is 0.320 e. The third kappa shape index (κ3) is 7.01. The normalized spacial score (nSPS) is 9.09. The van der Waals surface area contributed by atoms with Gasteiger partial charge in [0.25, 0.3) is 6.57 Å². The van der Waals surface area contributed by atoms with Crippen molar-refractivity contribution in [2.45, 2.75) is 25.7 Å². The van der Waals surface area contributed by atoms with E-state index in [4.69, 9.17) is 6.57 Å². The molecule has 0 aliphatic carbocycles. The molecule has 62 valence electrons. The zero-order chi connectivity index (χ0) is 8.53. The predicted molar refractivity (Wildman–Crippen MR) is 45.7 cm³/mol. The van der Waals surface area contributed by atoms with Gasteiger partial charge in [-0.1, -0.05) is 6.42 Å². The Kier molecular flexibility index (Phi) is 6.65. The summed E-state index contributed by atoms with van der Waals surface area (Å²) in [6, 6.07) is 0. The highest BCUT2D eigenvalue weighted by Crippen LogP contribution is 1.99. The van der Waals surface area contributed by atoms with Gasteiger partial charge in [-0.15, -0.1) is 0 Å². The first-order chi connectivity index (χ1) is 5.31. The monoisotopic (exact) mass is 155 g/mol. The van der Waals surface area contributed by atoms with Crippen molar-refractivity contribution in [2.75, 3.05) is 13.6 Å². The van der Waals surface area contributed by atoms with Crippen LogP contribution in [0.1, 0.15) is 25.7 Å². The fraction of sp³-hybridized carbons (Fsp3) is 0.750. The topological polar surface area (TPSA) is 33.5 Å². The van der Waals surface area contributed by atoms with Crippen LogP contribution in [0.15, 0.2) is 0 Å². The molecule has 0 atom stereocenters. The maximum Gasteiger partial charge on any atom is 0.514 e. The lowest BCUT2D eigenvalue weighted by atomic mass is 10.2. The highest BCUT2D eigenvalue weighted by molar-refractivity contribution is 5.85. The van der Waals surface area contributed by atoms with Gasteiger partial charge in [0.05, 0.1) is 6.42 Å². The fourth-order valence-corrected chi connectivity index (χ4v) is 0.819. The molecule has 1 amide bonds. The second-order valence-electron chi connectivity index (χ2n) is 2.44. The summed E-state index contributed by atoms with van der Waals surface area (Å²) in [4.78, 5) is 13.6. The molecule has 0 aromatic carbocycles. The van der Waals surface area contributed by atoms with Crippen molar-refractivity contribution in [1.82, 2.24) is 5.32 Å². The van der Waals surface area contributed by atoms with Crippen LogP contribution in [0.5, 0.6) is 0 Å². The molecular formula is C8H15N2O+. The van der Waals surface area contributed by atoms with Crippen LogP contribution in [0.2, 0.25) is 0 Å². The lowest BCUT2D eigenvalue weighted by Gasteiger charge is -1.94. The van der Waals surface area contributed by atoms with Crippen LogP contribution in [0.25, 0.3) is 4.85 Å². The summed E-state index contributed by atoms with van der Waals surface area (Å²) in [5.74, 6) is -0.200. The third-order valence-electron chi connectivity index (χ3n) is 1.46. The lowest BCUT2D eigenvalue weighted by molar-refractivity contribution is -0.114. The van der Waals surface area contributed by atoms with E-state index in [0.29, 0.717) is 6.42 Å². The first-order valence-corrected chi connectivity index (χ1v) is 3.89. The number of carbonyl (C=O) groups excluding carboxylic acids is 1. The molecule has 0 unspecified atom stereocenters. The van der Waals surface area contributed by atoms with E-state index >= 15 is 0 Å².